The zero-order valence-electron chi connectivity index (χ0n) is 18.1. The van der Waals surface area contributed by atoms with Crippen molar-refractivity contribution in [2.75, 3.05) is 5.73 Å². The lowest BCUT2D eigenvalue weighted by Gasteiger charge is -2.06. The van der Waals surface area contributed by atoms with Crippen LogP contribution in [0.15, 0.2) is 81.8 Å². The van der Waals surface area contributed by atoms with Crippen molar-refractivity contribution in [3.05, 3.63) is 88.9 Å². The molecular formula is C23H18N8O3S. The molecule has 35 heavy (non-hydrogen) atoms. The molecule has 3 aromatic heterocycles. The van der Waals surface area contributed by atoms with E-state index in [1.165, 1.54) is 22.2 Å². The predicted octanol–water partition coefficient (Wildman–Crippen LogP) is 3.30. The lowest BCUT2D eigenvalue weighted by Crippen LogP contribution is -2.19. The van der Waals surface area contributed by atoms with E-state index in [4.69, 9.17) is 10.5 Å². The van der Waals surface area contributed by atoms with E-state index in [1.54, 1.807) is 0 Å². The number of ether oxygens (including phenoxy) is 1. The Bertz CT molecular complexity index is 1440. The van der Waals surface area contributed by atoms with Gasteiger partial charge in [-0.3, -0.25) is 4.79 Å². The van der Waals surface area contributed by atoms with Gasteiger partial charge < -0.3 is 10.5 Å². The van der Waals surface area contributed by atoms with Crippen molar-refractivity contribution < 1.29 is 14.2 Å². The van der Waals surface area contributed by atoms with Crippen LogP contribution in [0.1, 0.15) is 21.6 Å². The topological polar surface area (TPSA) is 146 Å². The number of hydrogen-bond acceptors (Lipinski definition) is 10. The van der Waals surface area contributed by atoms with Gasteiger partial charge in [0.2, 0.25) is 11.6 Å². The normalized spacial score (nSPS) is 11.1. The van der Waals surface area contributed by atoms with Crippen LogP contribution in [0.3, 0.4) is 0 Å². The van der Waals surface area contributed by atoms with Crippen LogP contribution in [0.4, 0.5) is 5.82 Å². The first-order chi connectivity index (χ1) is 17.2. The summed E-state index contributed by atoms with van der Waals surface area (Å²) in [6, 6.07) is 20.9. The van der Waals surface area contributed by atoms with E-state index in [0.717, 1.165) is 21.8 Å². The molecule has 3 heterocycles. The first kappa shape index (κ1) is 22.0. The molecule has 0 saturated carbocycles. The minimum atomic E-state index is -0.547. The summed E-state index contributed by atoms with van der Waals surface area (Å²) in [5.41, 5.74) is 10.6. The summed E-state index contributed by atoms with van der Waals surface area (Å²) in [6.45, 7) is 0.480. The maximum absolute atomic E-state index is 12.8. The summed E-state index contributed by atoms with van der Waals surface area (Å²) in [7, 11) is 0. The van der Waals surface area contributed by atoms with E-state index in [9.17, 15) is 4.79 Å². The van der Waals surface area contributed by atoms with Crippen molar-refractivity contribution >= 4 is 29.3 Å². The number of amides is 1. The van der Waals surface area contributed by atoms with Crippen LogP contribution in [-0.4, -0.2) is 37.4 Å². The van der Waals surface area contributed by atoms with E-state index in [2.05, 4.69) is 35.8 Å². The molecule has 11 nitrogen and oxygen atoms in total. The zero-order valence-corrected chi connectivity index (χ0v) is 18.9. The molecule has 174 valence electrons. The first-order valence-corrected chi connectivity index (χ1v) is 11.2. The number of aromatic nitrogens is 5. The Balaban J connectivity index is 1.27. The molecule has 3 N–H and O–H groups in total. The van der Waals surface area contributed by atoms with Gasteiger partial charge in [-0.25, -0.2) is 10.1 Å². The molecule has 2 aromatic carbocycles. The van der Waals surface area contributed by atoms with Crippen molar-refractivity contribution in [1.82, 2.24) is 30.7 Å². The van der Waals surface area contributed by atoms with Crippen molar-refractivity contribution in [2.24, 2.45) is 5.10 Å². The highest BCUT2D eigenvalue weighted by Gasteiger charge is 2.25. The average molecular weight is 487 g/mol. The number of anilines is 1. The second-order valence-corrected chi connectivity index (χ2v) is 8.14. The van der Waals surface area contributed by atoms with Gasteiger partial charge in [0.1, 0.15) is 18.1 Å². The minimum Gasteiger partial charge on any atom is -0.489 e. The van der Waals surface area contributed by atoms with E-state index in [0.29, 0.717) is 12.3 Å². The number of carbonyl (C=O) groups excluding carboxylic acids is 1. The fourth-order valence-electron chi connectivity index (χ4n) is 3.16. The third kappa shape index (κ3) is 4.91. The SMILES string of the molecule is Nc1nonc1-n1nnc(C(=O)N/N=C\c2ccc(OCc3ccccc3)cc2)c1-c1cccs1. The zero-order chi connectivity index (χ0) is 24.0. The molecule has 0 atom stereocenters. The largest absolute Gasteiger partial charge is 0.489 e. The van der Waals surface area contributed by atoms with Crippen molar-refractivity contribution in [1.29, 1.82) is 0 Å². The molecule has 0 aliphatic carbocycles. The smallest absolute Gasteiger partial charge is 0.294 e. The van der Waals surface area contributed by atoms with E-state index in [-0.39, 0.29) is 17.3 Å². The van der Waals surface area contributed by atoms with Gasteiger partial charge in [-0.05, 0) is 57.2 Å². The van der Waals surface area contributed by atoms with Gasteiger partial charge in [-0.1, -0.05) is 41.6 Å². The summed E-state index contributed by atoms with van der Waals surface area (Å²) >= 11 is 1.40. The molecule has 0 bridgehead atoms. The van der Waals surface area contributed by atoms with Crippen LogP contribution in [-0.2, 0) is 6.61 Å². The molecule has 0 unspecified atom stereocenters. The summed E-state index contributed by atoms with van der Waals surface area (Å²) in [5, 5.41) is 21.2. The van der Waals surface area contributed by atoms with Gasteiger partial charge in [0.25, 0.3) is 5.91 Å². The minimum absolute atomic E-state index is 0.0221. The third-order valence-electron chi connectivity index (χ3n) is 4.84. The van der Waals surface area contributed by atoms with Crippen LogP contribution >= 0.6 is 11.3 Å². The molecule has 0 radical (unpaired) electrons. The number of nitrogen functional groups attached to an aromatic ring is 1. The fraction of sp³-hybridized carbons (Fsp3) is 0.0435. The van der Waals surface area contributed by atoms with Crippen LogP contribution in [0.5, 0.6) is 5.75 Å². The molecule has 0 aliphatic heterocycles. The molecule has 0 spiro atoms. The second kappa shape index (κ2) is 9.97. The molecular weight excluding hydrogens is 468 g/mol. The molecule has 12 heteroatoms. The fourth-order valence-corrected chi connectivity index (χ4v) is 3.92. The van der Waals surface area contributed by atoms with Gasteiger partial charge in [0.05, 0.1) is 11.1 Å². The van der Waals surface area contributed by atoms with Crippen LogP contribution < -0.4 is 15.9 Å². The standard InChI is InChI=1S/C23H18N8O3S/c24-21-22(29-34-28-21)31-20(18-7-4-12-35-18)19(26-30-31)23(32)27-25-13-15-8-10-17(11-9-15)33-14-16-5-2-1-3-6-16/h1-13H,14H2,(H2,24,28)(H,27,32)/b25-13-. The van der Waals surface area contributed by atoms with E-state index in [1.807, 2.05) is 72.1 Å². The maximum atomic E-state index is 12.8. The number of nitrogens with two attached hydrogens (primary N) is 1. The Hall–Kier alpha value is -4.84. The number of hydrazone groups is 1. The highest BCUT2D eigenvalue weighted by atomic mass is 32.1. The van der Waals surface area contributed by atoms with Crippen LogP contribution in [0.2, 0.25) is 0 Å². The van der Waals surface area contributed by atoms with Crippen LogP contribution in [0, 0.1) is 0 Å². The molecule has 0 saturated heterocycles. The highest BCUT2D eigenvalue weighted by molar-refractivity contribution is 7.13. The molecule has 1 amide bonds. The summed E-state index contributed by atoms with van der Waals surface area (Å²) in [4.78, 5) is 13.6. The van der Waals surface area contributed by atoms with E-state index >= 15 is 0 Å². The Labute approximate surface area is 202 Å². The molecule has 0 fully saturated rings. The van der Waals surface area contributed by atoms with Crippen molar-refractivity contribution in [3.8, 4) is 22.1 Å². The summed E-state index contributed by atoms with van der Waals surface area (Å²) in [6.07, 6.45) is 1.52. The maximum Gasteiger partial charge on any atom is 0.294 e. The predicted molar refractivity (Wildman–Crippen MR) is 129 cm³/mol. The monoisotopic (exact) mass is 486 g/mol. The number of nitrogens with one attached hydrogen (secondary N) is 1. The van der Waals surface area contributed by atoms with E-state index < -0.39 is 5.91 Å². The second-order valence-electron chi connectivity index (χ2n) is 7.19. The van der Waals surface area contributed by atoms with Crippen molar-refractivity contribution in [3.63, 3.8) is 0 Å². The number of nitrogens with zero attached hydrogens (tertiary/aromatic N) is 6. The quantitative estimate of drug-likeness (QED) is 0.251. The number of thiophene rings is 1. The van der Waals surface area contributed by atoms with Gasteiger partial charge in [-0.2, -0.15) is 9.78 Å². The Morgan fingerprint density at radius 3 is 2.66 bits per heavy atom. The van der Waals surface area contributed by atoms with Crippen LogP contribution in [0.25, 0.3) is 16.4 Å². The summed E-state index contributed by atoms with van der Waals surface area (Å²) < 4.78 is 11.8. The Kier molecular flexibility index (Phi) is 6.26. The Morgan fingerprint density at radius 1 is 1.11 bits per heavy atom. The molecule has 5 rings (SSSR count). The Morgan fingerprint density at radius 2 is 1.94 bits per heavy atom. The third-order valence-corrected chi connectivity index (χ3v) is 5.72. The summed E-state index contributed by atoms with van der Waals surface area (Å²) in [5.74, 6) is 0.342. The lowest BCUT2D eigenvalue weighted by molar-refractivity contribution is 0.0951. The van der Waals surface area contributed by atoms with Crippen molar-refractivity contribution in [2.45, 2.75) is 6.61 Å². The van der Waals surface area contributed by atoms with Gasteiger partial charge >= 0.3 is 0 Å². The first-order valence-electron chi connectivity index (χ1n) is 10.4. The molecule has 0 aliphatic rings. The average Bonchev–Trinajstić information content (AvgIpc) is 3.64. The number of rotatable bonds is 8. The number of hydrogen-bond donors (Lipinski definition) is 2. The lowest BCUT2D eigenvalue weighted by atomic mass is 10.2. The molecule has 5 aromatic rings. The van der Waals surface area contributed by atoms with Gasteiger partial charge in [0.15, 0.2) is 5.69 Å². The van der Waals surface area contributed by atoms with Gasteiger partial charge in [0, 0.05) is 0 Å². The number of benzene rings is 2. The highest BCUT2D eigenvalue weighted by Crippen LogP contribution is 2.29. The number of carbonyl (C=O) groups is 1. The van der Waals surface area contributed by atoms with Gasteiger partial charge in [-0.15, -0.1) is 16.4 Å².